The highest BCUT2D eigenvalue weighted by Crippen LogP contribution is 2.41. The summed E-state index contributed by atoms with van der Waals surface area (Å²) in [5.74, 6) is -0.869. The molecule has 6 heteroatoms. The van der Waals surface area contributed by atoms with Crippen LogP contribution >= 0.6 is 0 Å². The molecule has 0 saturated carbocycles. The molecule has 0 unspecified atom stereocenters. The van der Waals surface area contributed by atoms with Gasteiger partial charge in [-0.15, -0.1) is 0 Å². The number of amides is 1. The molecule has 3 rings (SSSR count). The quantitative estimate of drug-likeness (QED) is 0.856. The molecule has 25 heavy (non-hydrogen) atoms. The topological polar surface area (TPSA) is 76.1 Å². The van der Waals surface area contributed by atoms with E-state index in [1.165, 1.54) is 0 Å². The molecule has 1 aromatic rings. The Morgan fingerprint density at radius 3 is 2.84 bits per heavy atom. The number of para-hydroxylation sites is 1. The Morgan fingerprint density at radius 1 is 1.36 bits per heavy atom. The number of piperidine rings is 1. The average molecular weight is 347 g/mol. The van der Waals surface area contributed by atoms with Gasteiger partial charge >= 0.3 is 5.97 Å². The molecule has 2 aliphatic heterocycles. The van der Waals surface area contributed by atoms with Gasteiger partial charge in [-0.2, -0.15) is 0 Å². The van der Waals surface area contributed by atoms with E-state index in [-0.39, 0.29) is 18.4 Å². The molecule has 0 radical (unpaired) electrons. The molecule has 1 amide bonds. The van der Waals surface area contributed by atoms with Crippen LogP contribution in [0.5, 0.6) is 5.75 Å². The number of carboxylic acid groups (broad SMARTS) is 1. The summed E-state index contributed by atoms with van der Waals surface area (Å²) in [5, 5.41) is 9.71. The van der Waals surface area contributed by atoms with Gasteiger partial charge < -0.3 is 19.5 Å². The largest absolute Gasteiger partial charge is 0.496 e. The van der Waals surface area contributed by atoms with Gasteiger partial charge in [0.2, 0.25) is 5.91 Å². The lowest BCUT2D eigenvalue weighted by Crippen LogP contribution is -2.46. The van der Waals surface area contributed by atoms with Gasteiger partial charge in [-0.3, -0.25) is 9.59 Å². The number of carboxylic acids is 1. The van der Waals surface area contributed by atoms with Crippen molar-refractivity contribution in [2.24, 2.45) is 5.92 Å². The Morgan fingerprint density at radius 2 is 2.16 bits per heavy atom. The van der Waals surface area contributed by atoms with Gasteiger partial charge in [0.1, 0.15) is 5.75 Å². The van der Waals surface area contributed by atoms with E-state index in [0.717, 1.165) is 31.4 Å². The Balaban J connectivity index is 1.89. The minimum absolute atomic E-state index is 0.00593. The van der Waals surface area contributed by atoms with Crippen LogP contribution in [-0.2, 0) is 14.3 Å². The van der Waals surface area contributed by atoms with Crippen LogP contribution in [0, 0.1) is 5.92 Å². The zero-order valence-electron chi connectivity index (χ0n) is 14.5. The van der Waals surface area contributed by atoms with E-state index in [1.807, 2.05) is 24.3 Å². The average Bonchev–Trinajstić information content (AvgIpc) is 3.13. The van der Waals surface area contributed by atoms with Gasteiger partial charge in [0, 0.05) is 25.1 Å². The number of hydrogen-bond acceptors (Lipinski definition) is 4. The van der Waals surface area contributed by atoms with Crippen LogP contribution in [-0.4, -0.2) is 48.2 Å². The number of methoxy groups -OCH3 is 1. The van der Waals surface area contributed by atoms with E-state index >= 15 is 0 Å². The highest BCUT2D eigenvalue weighted by atomic mass is 16.5. The lowest BCUT2D eigenvalue weighted by Gasteiger charge is -2.40. The first-order chi connectivity index (χ1) is 12.1. The third-order valence-electron chi connectivity index (χ3n) is 5.20. The van der Waals surface area contributed by atoms with Crippen LogP contribution in [0.1, 0.15) is 43.7 Å². The molecule has 6 nitrogen and oxygen atoms in total. The maximum atomic E-state index is 12.6. The number of likely N-dealkylation sites (tertiary alicyclic amines) is 1. The molecule has 0 aliphatic carbocycles. The zero-order valence-corrected chi connectivity index (χ0v) is 14.5. The van der Waals surface area contributed by atoms with Gasteiger partial charge in [-0.25, -0.2) is 0 Å². The monoisotopic (exact) mass is 347 g/mol. The molecule has 2 heterocycles. The Labute approximate surface area is 147 Å². The standard InChI is InChI=1S/C19H25NO5/c1-24-16-7-3-2-6-14(16)18-15(19(22)23)8-9-17(21)20(18)11-10-13-5-4-12-25-13/h2-3,6-7,13,15,18H,4-5,8-12H2,1H3,(H,22,23)/t13-,15-,18+/m0/s1. The highest BCUT2D eigenvalue weighted by Gasteiger charge is 2.42. The van der Waals surface area contributed by atoms with E-state index in [2.05, 4.69) is 0 Å². The number of benzene rings is 1. The lowest BCUT2D eigenvalue weighted by atomic mass is 9.83. The Bertz CT molecular complexity index is 626. The molecule has 1 N–H and O–H groups in total. The van der Waals surface area contributed by atoms with Crippen LogP contribution in [0.4, 0.5) is 0 Å². The zero-order chi connectivity index (χ0) is 17.8. The van der Waals surface area contributed by atoms with E-state index in [0.29, 0.717) is 18.7 Å². The molecule has 0 spiro atoms. The normalized spacial score (nSPS) is 26.7. The summed E-state index contributed by atoms with van der Waals surface area (Å²) in [7, 11) is 1.57. The van der Waals surface area contributed by atoms with Crippen LogP contribution in [0.25, 0.3) is 0 Å². The third kappa shape index (κ3) is 3.79. The fourth-order valence-electron chi connectivity index (χ4n) is 3.93. The fraction of sp³-hybridized carbons (Fsp3) is 0.579. The molecule has 2 fully saturated rings. The predicted molar refractivity (Wildman–Crippen MR) is 91.4 cm³/mol. The Kier molecular flexibility index (Phi) is 5.58. The van der Waals surface area contributed by atoms with Crippen molar-refractivity contribution in [3.05, 3.63) is 29.8 Å². The van der Waals surface area contributed by atoms with Crippen molar-refractivity contribution in [1.29, 1.82) is 0 Å². The van der Waals surface area contributed by atoms with Crippen LogP contribution in [0.15, 0.2) is 24.3 Å². The fourth-order valence-corrected chi connectivity index (χ4v) is 3.93. The van der Waals surface area contributed by atoms with E-state index in [9.17, 15) is 14.7 Å². The van der Waals surface area contributed by atoms with E-state index in [4.69, 9.17) is 9.47 Å². The second kappa shape index (κ2) is 7.87. The number of carbonyl (C=O) groups is 2. The number of rotatable bonds is 6. The van der Waals surface area contributed by atoms with Crippen molar-refractivity contribution in [1.82, 2.24) is 4.90 Å². The molecule has 1 aromatic carbocycles. The summed E-state index contributed by atoms with van der Waals surface area (Å²) < 4.78 is 11.1. The molecule has 2 aliphatic rings. The minimum Gasteiger partial charge on any atom is -0.496 e. The summed E-state index contributed by atoms with van der Waals surface area (Å²) in [4.78, 5) is 26.2. The summed E-state index contributed by atoms with van der Waals surface area (Å²) in [6, 6.07) is 6.87. The lowest BCUT2D eigenvalue weighted by molar-refractivity contribution is -0.152. The first-order valence-corrected chi connectivity index (χ1v) is 8.88. The molecule has 3 atom stereocenters. The molecule has 0 aromatic heterocycles. The number of ether oxygens (including phenoxy) is 2. The van der Waals surface area contributed by atoms with Gasteiger partial charge in [-0.05, 0) is 31.7 Å². The van der Waals surface area contributed by atoms with Crippen molar-refractivity contribution in [3.63, 3.8) is 0 Å². The van der Waals surface area contributed by atoms with Crippen LogP contribution in [0.3, 0.4) is 0 Å². The summed E-state index contributed by atoms with van der Waals surface area (Å²) >= 11 is 0. The smallest absolute Gasteiger partial charge is 0.308 e. The third-order valence-corrected chi connectivity index (χ3v) is 5.20. The van der Waals surface area contributed by atoms with Crippen LogP contribution < -0.4 is 4.74 Å². The van der Waals surface area contributed by atoms with Gasteiger partial charge in [0.05, 0.1) is 25.2 Å². The van der Waals surface area contributed by atoms with Gasteiger partial charge in [0.15, 0.2) is 0 Å². The number of nitrogens with zero attached hydrogens (tertiary/aromatic N) is 1. The second-order valence-electron chi connectivity index (χ2n) is 6.68. The van der Waals surface area contributed by atoms with Crippen LogP contribution in [0.2, 0.25) is 0 Å². The van der Waals surface area contributed by atoms with Crippen molar-refractivity contribution in [2.45, 2.75) is 44.2 Å². The number of aliphatic carboxylic acids is 1. The first-order valence-electron chi connectivity index (χ1n) is 8.88. The number of carbonyl (C=O) groups excluding carboxylic acids is 1. The molecule has 136 valence electrons. The van der Waals surface area contributed by atoms with Gasteiger partial charge in [0.25, 0.3) is 0 Å². The second-order valence-corrected chi connectivity index (χ2v) is 6.68. The van der Waals surface area contributed by atoms with E-state index < -0.39 is 17.9 Å². The number of hydrogen-bond donors (Lipinski definition) is 1. The molecular weight excluding hydrogens is 322 g/mol. The highest BCUT2D eigenvalue weighted by molar-refractivity contribution is 5.82. The van der Waals surface area contributed by atoms with Crippen molar-refractivity contribution < 1.29 is 24.2 Å². The minimum atomic E-state index is -0.870. The van der Waals surface area contributed by atoms with Gasteiger partial charge in [-0.1, -0.05) is 18.2 Å². The van der Waals surface area contributed by atoms with Crippen molar-refractivity contribution in [3.8, 4) is 5.75 Å². The van der Waals surface area contributed by atoms with Crippen molar-refractivity contribution in [2.75, 3.05) is 20.3 Å². The molecule has 2 saturated heterocycles. The summed E-state index contributed by atoms with van der Waals surface area (Å²) in [6.45, 7) is 1.28. The van der Waals surface area contributed by atoms with E-state index in [1.54, 1.807) is 12.0 Å². The Hall–Kier alpha value is -2.08. The SMILES string of the molecule is COc1ccccc1[C@@H]1[C@@H](C(=O)O)CCC(=O)N1CC[C@@H]1CCCO1. The molecular formula is C19H25NO5. The first kappa shape index (κ1) is 17.7. The summed E-state index contributed by atoms with van der Waals surface area (Å²) in [6.07, 6.45) is 3.58. The maximum absolute atomic E-state index is 12.6. The summed E-state index contributed by atoms with van der Waals surface area (Å²) in [5.41, 5.74) is 0.762. The van der Waals surface area contributed by atoms with Crippen molar-refractivity contribution >= 4 is 11.9 Å². The maximum Gasteiger partial charge on any atom is 0.308 e. The predicted octanol–water partition coefficient (Wildman–Crippen LogP) is 2.63. The molecule has 0 bridgehead atoms.